The van der Waals surface area contributed by atoms with E-state index in [1.165, 1.54) is 6.07 Å². The van der Waals surface area contributed by atoms with E-state index in [-0.39, 0.29) is 0 Å². The van der Waals surface area contributed by atoms with Crippen LogP contribution in [-0.2, 0) is 12.6 Å². The molecule has 1 aromatic carbocycles. The minimum atomic E-state index is -5.15. The molecular formula is C10H5F6N. The second kappa shape index (κ2) is 4.28. The van der Waals surface area contributed by atoms with Crippen molar-refractivity contribution in [1.29, 1.82) is 5.26 Å². The third kappa shape index (κ3) is 2.20. The third-order valence-corrected chi connectivity index (χ3v) is 2.19. The molecule has 1 aromatic rings. The topological polar surface area (TPSA) is 23.8 Å². The van der Waals surface area contributed by atoms with Gasteiger partial charge in [0.05, 0.1) is 18.1 Å². The third-order valence-electron chi connectivity index (χ3n) is 2.19. The number of nitrogens with zero attached hydrogens (tertiary/aromatic N) is 1. The van der Waals surface area contributed by atoms with Crippen molar-refractivity contribution in [3.05, 3.63) is 34.1 Å². The summed E-state index contributed by atoms with van der Waals surface area (Å²) in [5, 5.41) is 8.24. The molecule has 0 saturated carbocycles. The number of halogens is 6. The van der Waals surface area contributed by atoms with E-state index in [2.05, 4.69) is 0 Å². The van der Waals surface area contributed by atoms with Crippen LogP contribution < -0.4 is 0 Å². The van der Waals surface area contributed by atoms with E-state index >= 15 is 0 Å². The van der Waals surface area contributed by atoms with Crippen molar-refractivity contribution in [2.75, 3.05) is 0 Å². The van der Waals surface area contributed by atoms with Crippen LogP contribution in [0, 0.1) is 35.7 Å². The summed E-state index contributed by atoms with van der Waals surface area (Å²) in [7, 11) is 0. The lowest BCUT2D eigenvalue weighted by molar-refractivity contribution is -0.140. The highest BCUT2D eigenvalue weighted by Gasteiger charge is 2.39. The molecule has 0 aliphatic carbocycles. The van der Waals surface area contributed by atoms with Crippen molar-refractivity contribution in [3.8, 4) is 6.07 Å². The molecule has 0 bridgehead atoms. The molecule has 0 aliphatic rings. The smallest absolute Gasteiger partial charge is 0.206 e. The SMILES string of the molecule is Cc1c(F)c(F)c(CC#N)c(F)c1C(F)(F)F. The molecule has 0 N–H and O–H groups in total. The van der Waals surface area contributed by atoms with Crippen molar-refractivity contribution < 1.29 is 26.3 Å². The normalized spacial score (nSPS) is 11.4. The van der Waals surface area contributed by atoms with E-state index in [1.807, 2.05) is 0 Å². The summed E-state index contributed by atoms with van der Waals surface area (Å²) in [6, 6.07) is 1.28. The first kappa shape index (κ1) is 13.4. The van der Waals surface area contributed by atoms with Crippen LogP contribution in [0.15, 0.2) is 0 Å². The number of hydrogen-bond acceptors (Lipinski definition) is 1. The van der Waals surface area contributed by atoms with Crippen molar-refractivity contribution in [2.45, 2.75) is 19.5 Å². The van der Waals surface area contributed by atoms with Crippen LogP contribution in [0.25, 0.3) is 0 Å². The van der Waals surface area contributed by atoms with Gasteiger partial charge in [0.2, 0.25) is 0 Å². The Morgan fingerprint density at radius 2 is 1.59 bits per heavy atom. The average molecular weight is 253 g/mol. The molecule has 0 spiro atoms. The highest BCUT2D eigenvalue weighted by molar-refractivity contribution is 5.38. The van der Waals surface area contributed by atoms with Crippen molar-refractivity contribution in [2.24, 2.45) is 0 Å². The van der Waals surface area contributed by atoms with Gasteiger partial charge in [0, 0.05) is 11.1 Å². The molecule has 0 unspecified atom stereocenters. The lowest BCUT2D eigenvalue weighted by atomic mass is 10.0. The molecule has 1 rings (SSSR count). The summed E-state index contributed by atoms with van der Waals surface area (Å²) in [6.07, 6.45) is -6.12. The summed E-state index contributed by atoms with van der Waals surface area (Å²) in [5.74, 6) is -5.48. The quantitative estimate of drug-likeness (QED) is 0.555. The molecule has 0 fully saturated rings. The van der Waals surface area contributed by atoms with Crippen LogP contribution in [0.3, 0.4) is 0 Å². The van der Waals surface area contributed by atoms with Crippen molar-refractivity contribution >= 4 is 0 Å². The fraction of sp³-hybridized carbons (Fsp3) is 0.300. The second-order valence-electron chi connectivity index (χ2n) is 3.25. The Hall–Kier alpha value is -1.71. The summed E-state index contributed by atoms with van der Waals surface area (Å²) in [6.45, 7) is 0.625. The maximum Gasteiger partial charge on any atom is 0.419 e. The van der Waals surface area contributed by atoms with Crippen LogP contribution >= 0.6 is 0 Å². The molecule has 0 aromatic heterocycles. The van der Waals surface area contributed by atoms with Gasteiger partial charge < -0.3 is 0 Å². The van der Waals surface area contributed by atoms with E-state index in [1.54, 1.807) is 0 Å². The summed E-state index contributed by atoms with van der Waals surface area (Å²) < 4.78 is 76.9. The Bertz CT molecular complexity index is 497. The van der Waals surface area contributed by atoms with Gasteiger partial charge in [-0.1, -0.05) is 0 Å². The molecule has 0 aliphatic heterocycles. The van der Waals surface area contributed by atoms with Gasteiger partial charge in [-0.05, 0) is 6.92 Å². The summed E-state index contributed by atoms with van der Waals surface area (Å²) in [5.41, 5.74) is -4.24. The zero-order valence-corrected chi connectivity index (χ0v) is 8.42. The second-order valence-corrected chi connectivity index (χ2v) is 3.25. The first-order valence-corrected chi connectivity index (χ1v) is 4.31. The number of benzene rings is 1. The zero-order chi connectivity index (χ0) is 13.4. The monoisotopic (exact) mass is 253 g/mol. The fourth-order valence-electron chi connectivity index (χ4n) is 1.39. The van der Waals surface area contributed by atoms with Crippen LogP contribution in [0.1, 0.15) is 16.7 Å². The molecule has 17 heavy (non-hydrogen) atoms. The summed E-state index contributed by atoms with van der Waals surface area (Å²) in [4.78, 5) is 0. The van der Waals surface area contributed by atoms with E-state index in [0.717, 1.165) is 0 Å². The molecule has 0 radical (unpaired) electrons. The van der Waals surface area contributed by atoms with E-state index in [4.69, 9.17) is 5.26 Å². The number of alkyl halides is 3. The average Bonchev–Trinajstić information content (AvgIpc) is 2.19. The Morgan fingerprint density at radius 3 is 2.00 bits per heavy atom. The highest BCUT2D eigenvalue weighted by Crippen LogP contribution is 2.37. The van der Waals surface area contributed by atoms with Gasteiger partial charge in [0.15, 0.2) is 11.6 Å². The van der Waals surface area contributed by atoms with Crippen LogP contribution in [0.2, 0.25) is 0 Å². The maximum atomic E-state index is 13.4. The predicted molar refractivity (Wildman–Crippen MR) is 45.4 cm³/mol. The first-order valence-electron chi connectivity index (χ1n) is 4.31. The van der Waals surface area contributed by atoms with Gasteiger partial charge in [-0.25, -0.2) is 13.2 Å². The van der Waals surface area contributed by atoms with Crippen molar-refractivity contribution in [3.63, 3.8) is 0 Å². The van der Waals surface area contributed by atoms with Crippen molar-refractivity contribution in [1.82, 2.24) is 0 Å². The van der Waals surface area contributed by atoms with Crippen LogP contribution in [-0.4, -0.2) is 0 Å². The summed E-state index contributed by atoms with van der Waals surface area (Å²) >= 11 is 0. The molecule has 0 atom stereocenters. The van der Waals surface area contributed by atoms with Gasteiger partial charge in [0.25, 0.3) is 0 Å². The molecule has 0 amide bonds. The van der Waals surface area contributed by atoms with Gasteiger partial charge in [-0.2, -0.15) is 18.4 Å². The van der Waals surface area contributed by atoms with Gasteiger partial charge in [-0.3, -0.25) is 0 Å². The van der Waals surface area contributed by atoms with E-state index in [9.17, 15) is 26.3 Å². The van der Waals surface area contributed by atoms with E-state index < -0.39 is 46.7 Å². The number of hydrogen-bond donors (Lipinski definition) is 0. The highest BCUT2D eigenvalue weighted by atomic mass is 19.4. The maximum absolute atomic E-state index is 13.4. The standard InChI is InChI=1S/C10H5F6N/c1-4-6(10(14,15)16)8(12)5(2-3-17)9(13)7(4)11/h2H2,1H3. The van der Waals surface area contributed by atoms with Gasteiger partial charge in [-0.15, -0.1) is 0 Å². The minimum Gasteiger partial charge on any atom is -0.206 e. The fourth-order valence-corrected chi connectivity index (χ4v) is 1.39. The van der Waals surface area contributed by atoms with Gasteiger partial charge >= 0.3 is 6.18 Å². The van der Waals surface area contributed by atoms with Gasteiger partial charge in [0.1, 0.15) is 5.82 Å². The molecule has 7 heteroatoms. The molecule has 1 nitrogen and oxygen atoms in total. The van der Waals surface area contributed by atoms with E-state index in [0.29, 0.717) is 6.92 Å². The zero-order valence-electron chi connectivity index (χ0n) is 8.42. The Labute approximate surface area is 92.3 Å². The van der Waals surface area contributed by atoms with Crippen LogP contribution in [0.4, 0.5) is 26.3 Å². The number of rotatable bonds is 1. The lowest BCUT2D eigenvalue weighted by Crippen LogP contribution is -2.16. The minimum absolute atomic E-state index is 0.625. The molecule has 92 valence electrons. The predicted octanol–water partition coefficient (Wildman–Crippen LogP) is 3.50. The first-order chi connectivity index (χ1) is 7.71. The molecule has 0 heterocycles. The Morgan fingerprint density at radius 1 is 1.06 bits per heavy atom. The Balaban J connectivity index is 3.69. The Kier molecular flexibility index (Phi) is 3.36. The molecule has 0 saturated heterocycles. The number of nitriles is 1. The lowest BCUT2D eigenvalue weighted by Gasteiger charge is -2.15. The molecular weight excluding hydrogens is 248 g/mol. The largest absolute Gasteiger partial charge is 0.419 e. The van der Waals surface area contributed by atoms with Crippen LogP contribution in [0.5, 0.6) is 0 Å².